The summed E-state index contributed by atoms with van der Waals surface area (Å²) >= 11 is 0. The van der Waals surface area contributed by atoms with Gasteiger partial charge in [-0.1, -0.05) is 57.9 Å². The molecule has 0 aliphatic rings. The van der Waals surface area contributed by atoms with E-state index in [2.05, 4.69) is 57.3 Å². The first-order valence-corrected chi connectivity index (χ1v) is 7.56. The zero-order chi connectivity index (χ0) is 13.4. The van der Waals surface area contributed by atoms with Crippen molar-refractivity contribution in [3.8, 4) is 0 Å². The summed E-state index contributed by atoms with van der Waals surface area (Å²) in [5.74, 6) is 0. The molecule has 1 nitrogen and oxygen atoms in total. The largest absolute Gasteiger partial charge is 0.307 e. The molecule has 1 aromatic rings. The van der Waals surface area contributed by atoms with Crippen molar-refractivity contribution in [1.82, 2.24) is 5.32 Å². The van der Waals surface area contributed by atoms with Gasteiger partial charge in [0.05, 0.1) is 0 Å². The van der Waals surface area contributed by atoms with Gasteiger partial charge in [-0.2, -0.15) is 0 Å². The van der Waals surface area contributed by atoms with Crippen molar-refractivity contribution in [1.29, 1.82) is 0 Å². The van der Waals surface area contributed by atoms with E-state index in [1.165, 1.54) is 43.2 Å². The SMILES string of the molecule is CCCc1ccc(C(C)NC(CC)CCC)cc1. The molecule has 0 bridgehead atoms. The molecule has 102 valence electrons. The molecular weight excluding hydrogens is 218 g/mol. The summed E-state index contributed by atoms with van der Waals surface area (Å²) in [6, 6.07) is 10.2. The van der Waals surface area contributed by atoms with Crippen LogP contribution in [-0.4, -0.2) is 6.04 Å². The summed E-state index contributed by atoms with van der Waals surface area (Å²) in [5, 5.41) is 3.74. The molecule has 1 N–H and O–H groups in total. The van der Waals surface area contributed by atoms with Gasteiger partial charge >= 0.3 is 0 Å². The van der Waals surface area contributed by atoms with E-state index in [-0.39, 0.29) is 0 Å². The van der Waals surface area contributed by atoms with Crippen LogP contribution in [0.25, 0.3) is 0 Å². The molecule has 0 saturated heterocycles. The number of benzene rings is 1. The molecule has 0 amide bonds. The molecule has 0 fully saturated rings. The van der Waals surface area contributed by atoms with E-state index in [4.69, 9.17) is 0 Å². The van der Waals surface area contributed by atoms with Crippen molar-refractivity contribution >= 4 is 0 Å². The Hall–Kier alpha value is -0.820. The Labute approximate surface area is 113 Å². The Morgan fingerprint density at radius 2 is 1.67 bits per heavy atom. The maximum absolute atomic E-state index is 3.74. The highest BCUT2D eigenvalue weighted by atomic mass is 14.9. The molecule has 0 aromatic heterocycles. The highest BCUT2D eigenvalue weighted by molar-refractivity contribution is 5.24. The second-order valence-electron chi connectivity index (χ2n) is 5.27. The minimum Gasteiger partial charge on any atom is -0.307 e. The molecule has 1 heteroatoms. The first-order chi connectivity index (χ1) is 8.71. The van der Waals surface area contributed by atoms with Crippen LogP contribution in [0.3, 0.4) is 0 Å². The van der Waals surface area contributed by atoms with Gasteiger partial charge in [-0.3, -0.25) is 0 Å². The highest BCUT2D eigenvalue weighted by Gasteiger charge is 2.10. The van der Waals surface area contributed by atoms with Crippen molar-refractivity contribution in [2.24, 2.45) is 0 Å². The van der Waals surface area contributed by atoms with Crippen LogP contribution in [0.4, 0.5) is 0 Å². The molecule has 2 unspecified atom stereocenters. The van der Waals surface area contributed by atoms with Gasteiger partial charge in [-0.05, 0) is 37.3 Å². The lowest BCUT2D eigenvalue weighted by molar-refractivity contribution is 0.417. The number of hydrogen-bond acceptors (Lipinski definition) is 1. The van der Waals surface area contributed by atoms with Gasteiger partial charge in [-0.25, -0.2) is 0 Å². The average Bonchev–Trinajstić information content (AvgIpc) is 2.39. The van der Waals surface area contributed by atoms with Crippen LogP contribution in [0.1, 0.15) is 70.5 Å². The maximum atomic E-state index is 3.74. The molecule has 0 radical (unpaired) electrons. The molecule has 2 atom stereocenters. The molecule has 1 aromatic carbocycles. The number of aryl methyl sites for hydroxylation is 1. The minimum atomic E-state index is 0.456. The van der Waals surface area contributed by atoms with E-state index in [0.717, 1.165) is 0 Å². The van der Waals surface area contributed by atoms with E-state index in [1.54, 1.807) is 0 Å². The topological polar surface area (TPSA) is 12.0 Å². The highest BCUT2D eigenvalue weighted by Crippen LogP contribution is 2.16. The number of nitrogens with one attached hydrogen (secondary N) is 1. The van der Waals surface area contributed by atoms with Crippen LogP contribution in [-0.2, 0) is 6.42 Å². The van der Waals surface area contributed by atoms with E-state index >= 15 is 0 Å². The number of rotatable bonds is 8. The Bertz CT molecular complexity index is 315. The smallest absolute Gasteiger partial charge is 0.0294 e. The van der Waals surface area contributed by atoms with E-state index < -0.39 is 0 Å². The van der Waals surface area contributed by atoms with Crippen molar-refractivity contribution in [2.75, 3.05) is 0 Å². The summed E-state index contributed by atoms with van der Waals surface area (Å²) < 4.78 is 0. The van der Waals surface area contributed by atoms with Gasteiger partial charge in [0.15, 0.2) is 0 Å². The van der Waals surface area contributed by atoms with Crippen LogP contribution in [0.5, 0.6) is 0 Å². The van der Waals surface area contributed by atoms with Gasteiger partial charge in [0, 0.05) is 12.1 Å². The van der Waals surface area contributed by atoms with Crippen molar-refractivity contribution in [3.05, 3.63) is 35.4 Å². The van der Waals surface area contributed by atoms with E-state index in [9.17, 15) is 0 Å². The predicted octanol–water partition coefficient (Wildman–Crippen LogP) is 4.87. The fourth-order valence-electron chi connectivity index (χ4n) is 2.47. The molecule has 0 aliphatic carbocycles. The first kappa shape index (κ1) is 15.2. The second-order valence-corrected chi connectivity index (χ2v) is 5.27. The van der Waals surface area contributed by atoms with Gasteiger partial charge in [0.1, 0.15) is 0 Å². The summed E-state index contributed by atoms with van der Waals surface area (Å²) in [5.41, 5.74) is 2.86. The van der Waals surface area contributed by atoms with Crippen LogP contribution in [0.2, 0.25) is 0 Å². The molecule has 0 saturated carbocycles. The van der Waals surface area contributed by atoms with Crippen LogP contribution in [0, 0.1) is 0 Å². The number of hydrogen-bond donors (Lipinski definition) is 1. The molecule has 0 heterocycles. The summed E-state index contributed by atoms with van der Waals surface area (Å²) in [7, 11) is 0. The zero-order valence-corrected chi connectivity index (χ0v) is 12.5. The lowest BCUT2D eigenvalue weighted by atomic mass is 10.0. The third kappa shape index (κ3) is 4.81. The van der Waals surface area contributed by atoms with Gasteiger partial charge in [0.25, 0.3) is 0 Å². The Morgan fingerprint density at radius 1 is 1.00 bits per heavy atom. The monoisotopic (exact) mass is 247 g/mol. The van der Waals surface area contributed by atoms with Gasteiger partial charge in [0.2, 0.25) is 0 Å². The minimum absolute atomic E-state index is 0.456. The Morgan fingerprint density at radius 3 is 2.17 bits per heavy atom. The molecular formula is C17H29N. The third-order valence-corrected chi connectivity index (χ3v) is 3.63. The van der Waals surface area contributed by atoms with E-state index in [0.29, 0.717) is 12.1 Å². The predicted molar refractivity (Wildman–Crippen MR) is 81.0 cm³/mol. The lowest BCUT2D eigenvalue weighted by Gasteiger charge is -2.22. The second kappa shape index (κ2) is 8.31. The normalized spacial score (nSPS) is 14.4. The maximum Gasteiger partial charge on any atom is 0.0294 e. The van der Waals surface area contributed by atoms with E-state index in [1.807, 2.05) is 0 Å². The summed E-state index contributed by atoms with van der Waals surface area (Å²) in [6.45, 7) is 9.03. The van der Waals surface area contributed by atoms with Crippen molar-refractivity contribution in [3.63, 3.8) is 0 Å². The van der Waals surface area contributed by atoms with Gasteiger partial charge in [-0.15, -0.1) is 0 Å². The van der Waals surface area contributed by atoms with Crippen LogP contribution in [0.15, 0.2) is 24.3 Å². The zero-order valence-electron chi connectivity index (χ0n) is 12.5. The van der Waals surface area contributed by atoms with Gasteiger partial charge < -0.3 is 5.32 Å². The fraction of sp³-hybridized carbons (Fsp3) is 0.647. The Balaban J connectivity index is 2.57. The third-order valence-electron chi connectivity index (χ3n) is 3.63. The molecule has 1 rings (SSSR count). The first-order valence-electron chi connectivity index (χ1n) is 7.56. The lowest BCUT2D eigenvalue weighted by Crippen LogP contribution is -2.30. The Kier molecular flexibility index (Phi) is 7.04. The fourth-order valence-corrected chi connectivity index (χ4v) is 2.47. The standard InChI is InChI=1S/C17H29N/c1-5-8-15-10-12-16(13-11-15)14(4)18-17(7-3)9-6-2/h10-14,17-18H,5-9H2,1-4H3. The molecule has 0 aliphatic heterocycles. The van der Waals surface area contributed by atoms with Crippen LogP contribution >= 0.6 is 0 Å². The van der Waals surface area contributed by atoms with Crippen molar-refractivity contribution in [2.45, 2.75) is 71.9 Å². The molecule has 0 spiro atoms. The molecule has 18 heavy (non-hydrogen) atoms. The van der Waals surface area contributed by atoms with Crippen LogP contribution < -0.4 is 5.32 Å². The average molecular weight is 247 g/mol. The summed E-state index contributed by atoms with van der Waals surface area (Å²) in [4.78, 5) is 0. The quantitative estimate of drug-likeness (QED) is 0.691. The summed E-state index contributed by atoms with van der Waals surface area (Å²) in [6.07, 6.45) is 6.16. The van der Waals surface area contributed by atoms with Crippen molar-refractivity contribution < 1.29 is 0 Å².